The predicted octanol–water partition coefficient (Wildman–Crippen LogP) is 2.98. The van der Waals surface area contributed by atoms with E-state index in [0.29, 0.717) is 25.2 Å². The number of carbonyl (C=O) groups excluding carboxylic acids is 2. The van der Waals surface area contributed by atoms with Gasteiger partial charge in [0.2, 0.25) is 5.91 Å². The molecule has 0 unspecified atom stereocenters. The third kappa shape index (κ3) is 4.36. The summed E-state index contributed by atoms with van der Waals surface area (Å²) in [4.78, 5) is 25.2. The van der Waals surface area contributed by atoms with Crippen LogP contribution in [0, 0.1) is 5.82 Å². The molecule has 0 aliphatic carbocycles. The quantitative estimate of drug-likeness (QED) is 0.823. The van der Waals surface area contributed by atoms with E-state index in [4.69, 9.17) is 0 Å². The van der Waals surface area contributed by atoms with Crippen LogP contribution in [0.5, 0.6) is 0 Å². The summed E-state index contributed by atoms with van der Waals surface area (Å²) in [5.41, 5.74) is -1.50. The van der Waals surface area contributed by atoms with Gasteiger partial charge in [-0.2, -0.15) is 13.2 Å². The predicted molar refractivity (Wildman–Crippen MR) is 78.8 cm³/mol. The molecule has 0 bridgehead atoms. The number of alkyl halides is 3. The lowest BCUT2D eigenvalue weighted by Gasteiger charge is -2.16. The standard InChI is InChI=1S/C15H17F4N3O2/c1-2-5-22-8-10(7-13(22)23)21-14(24)20-9-3-4-11(12(16)6-9)15(17,18)19/h3-4,6,10H,2,5,7-8H2,1H3,(H2,20,21,24)/t10-/m0/s1. The number of carbonyl (C=O) groups is 2. The van der Waals surface area contributed by atoms with Crippen molar-refractivity contribution >= 4 is 17.6 Å². The van der Waals surface area contributed by atoms with E-state index < -0.39 is 23.6 Å². The second kappa shape index (κ2) is 7.06. The lowest BCUT2D eigenvalue weighted by Crippen LogP contribution is -2.39. The Morgan fingerprint density at radius 2 is 2.08 bits per heavy atom. The molecule has 0 aromatic heterocycles. The van der Waals surface area contributed by atoms with Gasteiger partial charge in [0.15, 0.2) is 0 Å². The summed E-state index contributed by atoms with van der Waals surface area (Å²) in [6.07, 6.45) is -3.83. The maximum Gasteiger partial charge on any atom is 0.419 e. The van der Waals surface area contributed by atoms with E-state index in [1.165, 1.54) is 0 Å². The molecule has 9 heteroatoms. The summed E-state index contributed by atoms with van der Waals surface area (Å²) in [6.45, 7) is 2.91. The van der Waals surface area contributed by atoms with Crippen molar-refractivity contribution in [1.29, 1.82) is 0 Å². The lowest BCUT2D eigenvalue weighted by molar-refractivity contribution is -0.140. The van der Waals surface area contributed by atoms with Crippen LogP contribution in [-0.2, 0) is 11.0 Å². The zero-order valence-corrected chi connectivity index (χ0v) is 12.9. The molecule has 1 atom stereocenters. The number of anilines is 1. The average Bonchev–Trinajstić information content (AvgIpc) is 2.77. The largest absolute Gasteiger partial charge is 0.419 e. The monoisotopic (exact) mass is 347 g/mol. The molecule has 0 radical (unpaired) electrons. The Labute approximate surface area is 136 Å². The molecule has 1 aromatic rings. The SMILES string of the molecule is CCCN1C[C@@H](NC(=O)Nc2ccc(C(F)(F)F)c(F)c2)CC1=O. The molecule has 1 fully saturated rings. The van der Waals surface area contributed by atoms with Crippen molar-refractivity contribution in [3.63, 3.8) is 0 Å². The minimum Gasteiger partial charge on any atom is -0.341 e. The number of amides is 3. The third-order valence-electron chi connectivity index (χ3n) is 3.58. The molecule has 24 heavy (non-hydrogen) atoms. The molecule has 1 aromatic carbocycles. The highest BCUT2D eigenvalue weighted by atomic mass is 19.4. The summed E-state index contributed by atoms with van der Waals surface area (Å²) in [6, 6.07) is 1.04. The molecule has 1 saturated heterocycles. The summed E-state index contributed by atoms with van der Waals surface area (Å²) in [5, 5.41) is 4.82. The molecule has 0 saturated carbocycles. The third-order valence-corrected chi connectivity index (χ3v) is 3.58. The fourth-order valence-electron chi connectivity index (χ4n) is 2.53. The number of benzene rings is 1. The Hall–Kier alpha value is -2.32. The van der Waals surface area contributed by atoms with Gasteiger partial charge in [0.05, 0.1) is 11.6 Å². The van der Waals surface area contributed by atoms with Crippen LogP contribution in [0.3, 0.4) is 0 Å². The minimum absolute atomic E-state index is 0.0669. The van der Waals surface area contributed by atoms with Crippen molar-refractivity contribution in [3.8, 4) is 0 Å². The summed E-state index contributed by atoms with van der Waals surface area (Å²) >= 11 is 0. The number of hydrogen-bond donors (Lipinski definition) is 2. The highest BCUT2D eigenvalue weighted by Crippen LogP contribution is 2.32. The first-order chi connectivity index (χ1) is 11.2. The maximum atomic E-state index is 13.4. The maximum absolute atomic E-state index is 13.4. The van der Waals surface area contributed by atoms with Gasteiger partial charge >= 0.3 is 12.2 Å². The molecular weight excluding hydrogens is 330 g/mol. The van der Waals surface area contributed by atoms with Crippen LogP contribution >= 0.6 is 0 Å². The molecule has 3 amide bonds. The molecule has 5 nitrogen and oxygen atoms in total. The van der Waals surface area contributed by atoms with Gasteiger partial charge in [-0.3, -0.25) is 4.79 Å². The van der Waals surface area contributed by atoms with Gasteiger partial charge in [-0.15, -0.1) is 0 Å². The van der Waals surface area contributed by atoms with E-state index in [-0.39, 0.29) is 24.1 Å². The van der Waals surface area contributed by atoms with Crippen molar-refractivity contribution in [1.82, 2.24) is 10.2 Å². The fraction of sp³-hybridized carbons (Fsp3) is 0.467. The topological polar surface area (TPSA) is 61.4 Å². The average molecular weight is 347 g/mol. The molecule has 1 aliphatic heterocycles. The van der Waals surface area contributed by atoms with E-state index >= 15 is 0 Å². The number of nitrogens with zero attached hydrogens (tertiary/aromatic N) is 1. The van der Waals surface area contributed by atoms with Crippen LogP contribution < -0.4 is 10.6 Å². The number of urea groups is 1. The van der Waals surface area contributed by atoms with Crippen LogP contribution in [0.1, 0.15) is 25.3 Å². The van der Waals surface area contributed by atoms with E-state index in [2.05, 4.69) is 10.6 Å². The van der Waals surface area contributed by atoms with Crippen molar-refractivity contribution in [3.05, 3.63) is 29.6 Å². The minimum atomic E-state index is -4.79. The van der Waals surface area contributed by atoms with Gasteiger partial charge in [0.25, 0.3) is 0 Å². The summed E-state index contributed by atoms with van der Waals surface area (Å²) < 4.78 is 50.9. The normalized spacial score (nSPS) is 18.0. The van der Waals surface area contributed by atoms with Gasteiger partial charge in [0.1, 0.15) is 5.82 Å². The van der Waals surface area contributed by atoms with Gasteiger partial charge in [-0.1, -0.05) is 6.92 Å². The van der Waals surface area contributed by atoms with Crippen LogP contribution in [-0.4, -0.2) is 36.0 Å². The van der Waals surface area contributed by atoms with Crippen LogP contribution in [0.15, 0.2) is 18.2 Å². The van der Waals surface area contributed by atoms with E-state index in [1.807, 2.05) is 6.92 Å². The first-order valence-corrected chi connectivity index (χ1v) is 7.42. The van der Waals surface area contributed by atoms with Gasteiger partial charge in [-0.25, -0.2) is 9.18 Å². The Bertz CT molecular complexity index is 634. The van der Waals surface area contributed by atoms with E-state index in [1.54, 1.807) is 4.90 Å². The smallest absolute Gasteiger partial charge is 0.341 e. The Morgan fingerprint density at radius 3 is 2.67 bits per heavy atom. The van der Waals surface area contributed by atoms with Gasteiger partial charge < -0.3 is 15.5 Å². The van der Waals surface area contributed by atoms with Crippen molar-refractivity contribution in [2.45, 2.75) is 32.0 Å². The number of likely N-dealkylation sites (tertiary alicyclic amines) is 1. The summed E-state index contributed by atoms with van der Waals surface area (Å²) in [5.74, 6) is -1.53. The number of nitrogens with one attached hydrogen (secondary N) is 2. The highest BCUT2D eigenvalue weighted by molar-refractivity contribution is 5.90. The highest BCUT2D eigenvalue weighted by Gasteiger charge is 2.34. The second-order valence-electron chi connectivity index (χ2n) is 5.53. The van der Waals surface area contributed by atoms with E-state index in [0.717, 1.165) is 12.5 Å². The number of hydrogen-bond acceptors (Lipinski definition) is 2. The Balaban J connectivity index is 1.94. The molecule has 1 aliphatic rings. The molecule has 1 heterocycles. The Kier molecular flexibility index (Phi) is 5.30. The Morgan fingerprint density at radius 1 is 1.38 bits per heavy atom. The van der Waals surface area contributed by atoms with Crippen molar-refractivity contribution in [2.75, 3.05) is 18.4 Å². The van der Waals surface area contributed by atoms with Crippen LogP contribution in [0.4, 0.5) is 28.0 Å². The first-order valence-electron chi connectivity index (χ1n) is 7.42. The molecular formula is C15H17F4N3O2. The fourth-order valence-corrected chi connectivity index (χ4v) is 2.53. The first kappa shape index (κ1) is 18.0. The lowest BCUT2D eigenvalue weighted by atomic mass is 10.2. The van der Waals surface area contributed by atoms with Crippen molar-refractivity contribution < 1.29 is 27.2 Å². The van der Waals surface area contributed by atoms with Gasteiger partial charge in [0, 0.05) is 25.2 Å². The number of rotatable bonds is 4. The molecule has 2 N–H and O–H groups in total. The van der Waals surface area contributed by atoms with Crippen molar-refractivity contribution in [2.24, 2.45) is 0 Å². The van der Waals surface area contributed by atoms with Crippen LogP contribution in [0.25, 0.3) is 0 Å². The van der Waals surface area contributed by atoms with Crippen LogP contribution in [0.2, 0.25) is 0 Å². The zero-order chi connectivity index (χ0) is 17.9. The molecule has 2 rings (SSSR count). The summed E-state index contributed by atoms with van der Waals surface area (Å²) in [7, 11) is 0. The second-order valence-corrected chi connectivity index (χ2v) is 5.53. The number of halogens is 4. The van der Waals surface area contributed by atoms with E-state index in [9.17, 15) is 27.2 Å². The molecule has 132 valence electrons. The van der Waals surface area contributed by atoms with Gasteiger partial charge in [-0.05, 0) is 24.6 Å². The molecule has 0 spiro atoms. The zero-order valence-electron chi connectivity index (χ0n) is 12.9.